The Kier molecular flexibility index (Phi) is 3.69. The largest absolute Gasteiger partial charge is 0.384 e. The van der Waals surface area contributed by atoms with E-state index in [0.29, 0.717) is 5.92 Å². The van der Waals surface area contributed by atoms with E-state index in [9.17, 15) is 0 Å². The molecule has 3 aromatic carbocycles. The van der Waals surface area contributed by atoms with Gasteiger partial charge in [0.25, 0.3) is 0 Å². The van der Waals surface area contributed by atoms with Crippen LogP contribution in [0.25, 0.3) is 10.8 Å². The first-order chi connectivity index (χ1) is 9.84. The lowest BCUT2D eigenvalue weighted by Gasteiger charge is -2.15. The zero-order chi connectivity index (χ0) is 13.8. The predicted molar refractivity (Wildman–Crippen MR) is 87.3 cm³/mol. The zero-order valence-electron chi connectivity index (χ0n) is 11.7. The maximum absolute atomic E-state index is 3.59. The number of nitrogens with one attached hydrogen (secondary N) is 1. The molecule has 0 aliphatic carbocycles. The summed E-state index contributed by atoms with van der Waals surface area (Å²) in [5.74, 6) is 0.496. The first-order valence-corrected chi connectivity index (χ1v) is 7.11. The van der Waals surface area contributed by atoms with Gasteiger partial charge in [-0.3, -0.25) is 0 Å². The van der Waals surface area contributed by atoms with Crippen molar-refractivity contribution in [1.82, 2.24) is 0 Å². The molecule has 1 heteroatoms. The van der Waals surface area contributed by atoms with Crippen LogP contribution < -0.4 is 5.32 Å². The first kappa shape index (κ1) is 12.7. The van der Waals surface area contributed by atoms with Crippen molar-refractivity contribution in [2.75, 3.05) is 11.9 Å². The Bertz CT molecular complexity index is 683. The molecule has 0 radical (unpaired) electrons. The van der Waals surface area contributed by atoms with E-state index in [1.807, 2.05) is 0 Å². The van der Waals surface area contributed by atoms with Gasteiger partial charge in [-0.2, -0.15) is 0 Å². The van der Waals surface area contributed by atoms with Crippen LogP contribution in [0.1, 0.15) is 18.4 Å². The fourth-order valence-corrected chi connectivity index (χ4v) is 2.54. The van der Waals surface area contributed by atoms with Gasteiger partial charge in [-0.25, -0.2) is 0 Å². The highest BCUT2D eigenvalue weighted by Gasteiger charge is 2.05. The number of rotatable bonds is 4. The minimum absolute atomic E-state index is 0.496. The van der Waals surface area contributed by atoms with Crippen LogP contribution in [0.4, 0.5) is 5.69 Å². The molecule has 0 spiro atoms. The smallest absolute Gasteiger partial charge is 0.0420 e. The summed E-state index contributed by atoms with van der Waals surface area (Å²) in [6.07, 6.45) is 0. The van der Waals surface area contributed by atoms with Gasteiger partial charge in [-0.1, -0.05) is 73.7 Å². The maximum atomic E-state index is 3.59. The van der Waals surface area contributed by atoms with E-state index in [1.165, 1.54) is 22.0 Å². The van der Waals surface area contributed by atoms with Crippen LogP contribution in [-0.2, 0) is 0 Å². The second kappa shape index (κ2) is 5.79. The summed E-state index contributed by atoms with van der Waals surface area (Å²) in [7, 11) is 0. The second-order valence-corrected chi connectivity index (χ2v) is 5.22. The van der Waals surface area contributed by atoms with E-state index < -0.39 is 0 Å². The molecule has 20 heavy (non-hydrogen) atoms. The van der Waals surface area contributed by atoms with Crippen molar-refractivity contribution in [2.24, 2.45) is 0 Å². The Morgan fingerprint density at radius 3 is 2.35 bits per heavy atom. The number of fused-ring (bicyclic) bond motifs is 1. The van der Waals surface area contributed by atoms with Crippen LogP contribution in [0.15, 0.2) is 72.8 Å². The molecule has 3 aromatic rings. The summed E-state index contributed by atoms with van der Waals surface area (Å²) in [5.41, 5.74) is 2.59. The van der Waals surface area contributed by atoms with Crippen molar-refractivity contribution < 1.29 is 0 Å². The molecule has 0 saturated carbocycles. The molecule has 0 saturated heterocycles. The highest BCUT2D eigenvalue weighted by Crippen LogP contribution is 2.24. The minimum Gasteiger partial charge on any atom is -0.384 e. The van der Waals surface area contributed by atoms with Crippen LogP contribution in [0.2, 0.25) is 0 Å². The van der Waals surface area contributed by atoms with Crippen LogP contribution in [-0.4, -0.2) is 6.54 Å². The molecule has 0 aliphatic heterocycles. The van der Waals surface area contributed by atoms with Gasteiger partial charge in [0, 0.05) is 17.6 Å². The summed E-state index contributed by atoms with van der Waals surface area (Å²) in [6, 6.07) is 25.6. The number of anilines is 1. The van der Waals surface area contributed by atoms with Crippen molar-refractivity contribution in [3.8, 4) is 0 Å². The Labute approximate surface area is 120 Å². The summed E-state index contributed by atoms with van der Waals surface area (Å²) in [5, 5.41) is 6.16. The first-order valence-electron chi connectivity index (χ1n) is 7.11. The normalized spacial score (nSPS) is 12.2. The van der Waals surface area contributed by atoms with E-state index in [4.69, 9.17) is 0 Å². The van der Waals surface area contributed by atoms with Crippen LogP contribution in [0.3, 0.4) is 0 Å². The van der Waals surface area contributed by atoms with Gasteiger partial charge in [-0.15, -0.1) is 0 Å². The lowest BCUT2D eigenvalue weighted by atomic mass is 10.0. The average Bonchev–Trinajstić information content (AvgIpc) is 2.53. The summed E-state index contributed by atoms with van der Waals surface area (Å²) in [4.78, 5) is 0. The topological polar surface area (TPSA) is 12.0 Å². The van der Waals surface area contributed by atoms with Gasteiger partial charge in [0.05, 0.1) is 0 Å². The van der Waals surface area contributed by atoms with Gasteiger partial charge in [0.1, 0.15) is 0 Å². The van der Waals surface area contributed by atoms with Crippen molar-refractivity contribution >= 4 is 16.5 Å². The molecule has 3 rings (SSSR count). The third-order valence-corrected chi connectivity index (χ3v) is 3.76. The summed E-state index contributed by atoms with van der Waals surface area (Å²) in [6.45, 7) is 3.20. The number of benzene rings is 3. The van der Waals surface area contributed by atoms with E-state index in [1.54, 1.807) is 0 Å². The number of hydrogen-bond acceptors (Lipinski definition) is 1. The monoisotopic (exact) mass is 261 g/mol. The number of hydrogen-bond donors (Lipinski definition) is 1. The molecular formula is C19H19N. The van der Waals surface area contributed by atoms with Gasteiger partial charge in [0.2, 0.25) is 0 Å². The van der Waals surface area contributed by atoms with E-state index in [0.717, 1.165) is 6.54 Å². The van der Waals surface area contributed by atoms with Gasteiger partial charge in [0.15, 0.2) is 0 Å². The van der Waals surface area contributed by atoms with Crippen molar-refractivity contribution in [1.29, 1.82) is 0 Å². The molecule has 0 aliphatic rings. The van der Waals surface area contributed by atoms with Crippen molar-refractivity contribution in [3.63, 3.8) is 0 Å². The zero-order valence-corrected chi connectivity index (χ0v) is 11.7. The lowest BCUT2D eigenvalue weighted by molar-refractivity contribution is 0.806. The quantitative estimate of drug-likeness (QED) is 0.692. The highest BCUT2D eigenvalue weighted by atomic mass is 14.9. The Morgan fingerprint density at radius 2 is 1.50 bits per heavy atom. The molecule has 100 valence electrons. The van der Waals surface area contributed by atoms with E-state index >= 15 is 0 Å². The third kappa shape index (κ3) is 2.67. The minimum atomic E-state index is 0.496. The second-order valence-electron chi connectivity index (χ2n) is 5.22. The fourth-order valence-electron chi connectivity index (χ4n) is 2.54. The Morgan fingerprint density at radius 1 is 0.800 bits per heavy atom. The van der Waals surface area contributed by atoms with Gasteiger partial charge >= 0.3 is 0 Å². The van der Waals surface area contributed by atoms with Crippen molar-refractivity contribution in [2.45, 2.75) is 12.8 Å². The Balaban J connectivity index is 1.77. The standard InChI is InChI=1S/C19H19N/c1-15(16-8-3-2-4-9-16)14-20-19-13-7-11-17-10-5-6-12-18(17)19/h2-13,15,20H,14H2,1H3. The molecule has 1 unspecified atom stereocenters. The fraction of sp³-hybridized carbons (Fsp3) is 0.158. The molecular weight excluding hydrogens is 242 g/mol. The SMILES string of the molecule is CC(CNc1cccc2ccccc12)c1ccccc1. The molecule has 1 nitrogen and oxygen atoms in total. The van der Waals surface area contributed by atoms with Crippen LogP contribution >= 0.6 is 0 Å². The average molecular weight is 261 g/mol. The van der Waals surface area contributed by atoms with E-state index in [-0.39, 0.29) is 0 Å². The van der Waals surface area contributed by atoms with Crippen molar-refractivity contribution in [3.05, 3.63) is 78.4 Å². The predicted octanol–water partition coefficient (Wildman–Crippen LogP) is 5.06. The van der Waals surface area contributed by atoms with Gasteiger partial charge in [-0.05, 0) is 22.9 Å². The molecule has 0 bridgehead atoms. The van der Waals surface area contributed by atoms with Gasteiger partial charge < -0.3 is 5.32 Å². The molecule has 1 atom stereocenters. The molecule has 0 aromatic heterocycles. The summed E-state index contributed by atoms with van der Waals surface area (Å²) >= 11 is 0. The Hall–Kier alpha value is -2.28. The van der Waals surface area contributed by atoms with Crippen LogP contribution in [0, 0.1) is 0 Å². The molecule has 0 fully saturated rings. The molecule has 0 amide bonds. The highest BCUT2D eigenvalue weighted by molar-refractivity contribution is 5.93. The third-order valence-electron chi connectivity index (χ3n) is 3.76. The molecule has 0 heterocycles. The molecule has 1 N–H and O–H groups in total. The van der Waals surface area contributed by atoms with E-state index in [2.05, 4.69) is 85.0 Å². The summed E-state index contributed by atoms with van der Waals surface area (Å²) < 4.78 is 0. The lowest BCUT2D eigenvalue weighted by Crippen LogP contribution is -2.09. The van der Waals surface area contributed by atoms with Crippen LogP contribution in [0.5, 0.6) is 0 Å². The maximum Gasteiger partial charge on any atom is 0.0420 e.